The summed E-state index contributed by atoms with van der Waals surface area (Å²) in [5.41, 5.74) is 1.43. The summed E-state index contributed by atoms with van der Waals surface area (Å²) in [5.74, 6) is 1.02. The Bertz CT molecular complexity index is 373. The quantitative estimate of drug-likeness (QED) is 0.844. The minimum atomic E-state index is 0.219. The van der Waals surface area contributed by atoms with Crippen LogP contribution in [0.2, 0.25) is 0 Å². The van der Waals surface area contributed by atoms with E-state index in [1.165, 1.54) is 5.56 Å². The number of para-hydroxylation sites is 1. The van der Waals surface area contributed by atoms with Crippen molar-refractivity contribution in [1.82, 2.24) is 5.32 Å². The summed E-state index contributed by atoms with van der Waals surface area (Å²) in [5, 5.41) is 3.34. The standard InChI is InChI=1S/C14H21NO/c1-10-7-5-6-8-11(10)16-13-9-12(15-4)14(13,2)3/h5-8,12-13,15H,9H2,1-4H3. The molecule has 0 aliphatic heterocycles. The van der Waals surface area contributed by atoms with E-state index in [2.05, 4.69) is 38.2 Å². The maximum absolute atomic E-state index is 6.09. The molecule has 16 heavy (non-hydrogen) atoms. The lowest BCUT2D eigenvalue weighted by molar-refractivity contribution is -0.0524. The summed E-state index contributed by atoms with van der Waals surface area (Å²) in [6.07, 6.45) is 1.42. The second kappa shape index (κ2) is 4.10. The van der Waals surface area contributed by atoms with Crippen molar-refractivity contribution in [3.8, 4) is 5.75 Å². The number of nitrogens with one attached hydrogen (secondary N) is 1. The Kier molecular flexibility index (Phi) is 2.94. The first kappa shape index (κ1) is 11.5. The molecule has 1 aromatic carbocycles. The van der Waals surface area contributed by atoms with E-state index in [9.17, 15) is 0 Å². The van der Waals surface area contributed by atoms with Crippen LogP contribution in [0.5, 0.6) is 5.75 Å². The Balaban J connectivity index is 2.05. The van der Waals surface area contributed by atoms with Gasteiger partial charge in [-0.1, -0.05) is 32.0 Å². The van der Waals surface area contributed by atoms with E-state index in [1.54, 1.807) is 0 Å². The lowest BCUT2D eigenvalue weighted by atomic mass is 9.64. The van der Waals surface area contributed by atoms with Crippen molar-refractivity contribution in [2.45, 2.75) is 39.3 Å². The van der Waals surface area contributed by atoms with Crippen LogP contribution in [0, 0.1) is 12.3 Å². The van der Waals surface area contributed by atoms with Crippen molar-refractivity contribution < 1.29 is 4.74 Å². The zero-order chi connectivity index (χ0) is 11.8. The molecule has 2 unspecified atom stereocenters. The number of hydrogen-bond acceptors (Lipinski definition) is 2. The highest BCUT2D eigenvalue weighted by Gasteiger charge is 2.49. The van der Waals surface area contributed by atoms with Gasteiger partial charge in [0.05, 0.1) is 0 Å². The number of benzene rings is 1. The lowest BCUT2D eigenvalue weighted by Crippen LogP contribution is -2.61. The van der Waals surface area contributed by atoms with Crippen LogP contribution in [0.15, 0.2) is 24.3 Å². The monoisotopic (exact) mass is 219 g/mol. The molecule has 0 aromatic heterocycles. The summed E-state index contributed by atoms with van der Waals surface area (Å²) in [6, 6.07) is 8.80. The molecule has 0 bridgehead atoms. The van der Waals surface area contributed by atoms with Gasteiger partial charge in [0.25, 0.3) is 0 Å². The highest BCUT2D eigenvalue weighted by atomic mass is 16.5. The highest BCUT2D eigenvalue weighted by Crippen LogP contribution is 2.43. The van der Waals surface area contributed by atoms with Gasteiger partial charge in [-0.05, 0) is 25.6 Å². The molecular weight excluding hydrogens is 198 g/mol. The third kappa shape index (κ3) is 1.82. The molecule has 2 nitrogen and oxygen atoms in total. The summed E-state index contributed by atoms with van der Waals surface area (Å²) >= 11 is 0. The zero-order valence-corrected chi connectivity index (χ0v) is 10.6. The Morgan fingerprint density at radius 1 is 1.31 bits per heavy atom. The predicted molar refractivity (Wildman–Crippen MR) is 66.8 cm³/mol. The van der Waals surface area contributed by atoms with Crippen LogP contribution in [0.25, 0.3) is 0 Å². The van der Waals surface area contributed by atoms with Gasteiger partial charge in [0.1, 0.15) is 11.9 Å². The summed E-state index contributed by atoms with van der Waals surface area (Å²) in [7, 11) is 2.02. The number of ether oxygens (including phenoxy) is 1. The van der Waals surface area contributed by atoms with Crippen molar-refractivity contribution in [3.05, 3.63) is 29.8 Å². The van der Waals surface area contributed by atoms with Crippen LogP contribution in [0.4, 0.5) is 0 Å². The average Bonchev–Trinajstić information content (AvgIpc) is 2.26. The van der Waals surface area contributed by atoms with E-state index in [0.717, 1.165) is 12.2 Å². The van der Waals surface area contributed by atoms with E-state index in [-0.39, 0.29) is 5.41 Å². The van der Waals surface area contributed by atoms with Crippen LogP contribution in [0.3, 0.4) is 0 Å². The molecular formula is C14H21NO. The van der Waals surface area contributed by atoms with Gasteiger partial charge in [0, 0.05) is 17.9 Å². The summed E-state index contributed by atoms with van der Waals surface area (Å²) < 4.78 is 6.09. The fraction of sp³-hybridized carbons (Fsp3) is 0.571. The van der Waals surface area contributed by atoms with Gasteiger partial charge in [0.2, 0.25) is 0 Å². The van der Waals surface area contributed by atoms with E-state index >= 15 is 0 Å². The van der Waals surface area contributed by atoms with Crippen LogP contribution >= 0.6 is 0 Å². The number of hydrogen-bond donors (Lipinski definition) is 1. The largest absolute Gasteiger partial charge is 0.489 e. The first-order valence-electron chi connectivity index (χ1n) is 5.95. The fourth-order valence-electron chi connectivity index (χ4n) is 2.42. The fourth-order valence-corrected chi connectivity index (χ4v) is 2.42. The molecule has 2 rings (SSSR count). The van der Waals surface area contributed by atoms with Gasteiger partial charge in [-0.15, -0.1) is 0 Å². The first-order chi connectivity index (χ1) is 7.55. The van der Waals surface area contributed by atoms with Crippen molar-refractivity contribution in [3.63, 3.8) is 0 Å². The smallest absolute Gasteiger partial charge is 0.122 e. The molecule has 2 heteroatoms. The summed E-state index contributed by atoms with van der Waals surface area (Å²) in [6.45, 7) is 6.62. The van der Waals surface area contributed by atoms with Gasteiger partial charge in [-0.3, -0.25) is 0 Å². The molecule has 2 atom stereocenters. The topological polar surface area (TPSA) is 21.3 Å². The average molecular weight is 219 g/mol. The van der Waals surface area contributed by atoms with E-state index in [1.807, 2.05) is 19.2 Å². The Hall–Kier alpha value is -1.02. The molecule has 1 fully saturated rings. The number of rotatable bonds is 3. The first-order valence-corrected chi connectivity index (χ1v) is 5.95. The Morgan fingerprint density at radius 2 is 2.00 bits per heavy atom. The van der Waals surface area contributed by atoms with Crippen molar-refractivity contribution in [1.29, 1.82) is 0 Å². The molecule has 0 saturated heterocycles. The Morgan fingerprint density at radius 3 is 2.56 bits per heavy atom. The minimum absolute atomic E-state index is 0.219. The molecule has 0 spiro atoms. The molecule has 0 amide bonds. The van der Waals surface area contributed by atoms with Gasteiger partial charge in [-0.25, -0.2) is 0 Å². The predicted octanol–water partition coefficient (Wildman–Crippen LogP) is 2.76. The van der Waals surface area contributed by atoms with Crippen LogP contribution in [0.1, 0.15) is 25.8 Å². The SMILES string of the molecule is CNC1CC(Oc2ccccc2C)C1(C)C. The third-order valence-electron chi connectivity index (χ3n) is 3.89. The van der Waals surface area contributed by atoms with Crippen molar-refractivity contribution in [2.75, 3.05) is 7.05 Å². The van der Waals surface area contributed by atoms with Gasteiger partial charge < -0.3 is 10.1 Å². The lowest BCUT2D eigenvalue weighted by Gasteiger charge is -2.51. The van der Waals surface area contributed by atoms with E-state index in [4.69, 9.17) is 4.74 Å². The molecule has 0 radical (unpaired) electrons. The van der Waals surface area contributed by atoms with Crippen LogP contribution < -0.4 is 10.1 Å². The molecule has 88 valence electrons. The second-order valence-electron chi connectivity index (χ2n) is 5.27. The maximum atomic E-state index is 6.09. The van der Waals surface area contributed by atoms with Gasteiger partial charge in [0.15, 0.2) is 0 Å². The normalized spacial score (nSPS) is 27.2. The molecule has 0 heterocycles. The Labute approximate surface area is 98.0 Å². The van der Waals surface area contributed by atoms with Gasteiger partial charge in [-0.2, -0.15) is 0 Å². The van der Waals surface area contributed by atoms with Crippen LogP contribution in [-0.4, -0.2) is 19.2 Å². The van der Waals surface area contributed by atoms with Crippen molar-refractivity contribution >= 4 is 0 Å². The second-order valence-corrected chi connectivity index (χ2v) is 5.27. The number of aryl methyl sites for hydroxylation is 1. The van der Waals surface area contributed by atoms with Crippen molar-refractivity contribution in [2.24, 2.45) is 5.41 Å². The molecule has 1 aliphatic rings. The highest BCUT2D eigenvalue weighted by molar-refractivity contribution is 5.32. The minimum Gasteiger partial charge on any atom is -0.489 e. The molecule has 1 aliphatic carbocycles. The molecule has 1 N–H and O–H groups in total. The maximum Gasteiger partial charge on any atom is 0.122 e. The summed E-state index contributed by atoms with van der Waals surface area (Å²) in [4.78, 5) is 0. The van der Waals surface area contributed by atoms with Gasteiger partial charge >= 0.3 is 0 Å². The van der Waals surface area contributed by atoms with E-state index in [0.29, 0.717) is 12.1 Å². The zero-order valence-electron chi connectivity index (χ0n) is 10.6. The van der Waals surface area contributed by atoms with E-state index < -0.39 is 0 Å². The molecule has 1 saturated carbocycles. The third-order valence-corrected chi connectivity index (χ3v) is 3.89. The molecule has 1 aromatic rings. The van der Waals surface area contributed by atoms with Crippen LogP contribution in [-0.2, 0) is 0 Å².